The molecule has 20 heavy (non-hydrogen) atoms. The molecule has 108 valence electrons. The number of H-pyrrole nitrogens is 1. The van der Waals surface area contributed by atoms with Gasteiger partial charge in [-0.1, -0.05) is 19.8 Å². The molecule has 3 rings (SSSR count). The summed E-state index contributed by atoms with van der Waals surface area (Å²) in [6.07, 6.45) is 12.2. The van der Waals surface area contributed by atoms with Crippen LogP contribution in [0.3, 0.4) is 0 Å². The van der Waals surface area contributed by atoms with Crippen molar-refractivity contribution >= 4 is 11.0 Å². The van der Waals surface area contributed by atoms with Crippen molar-refractivity contribution < 1.29 is 0 Å². The number of hydrogen-bond donors (Lipinski definition) is 2. The second kappa shape index (κ2) is 6.40. The first kappa shape index (κ1) is 13.6. The Morgan fingerprint density at radius 1 is 1.30 bits per heavy atom. The quantitative estimate of drug-likeness (QED) is 0.862. The standard InChI is InChI=1S/C17H25N3/c1-2-4-13-6-8-15(9-7-13)19-11-14-12-20-17-16(14)5-3-10-18-17/h3,5,10,12-13,15,19H,2,4,6-9,11H2,1H3,(H,18,20). The summed E-state index contributed by atoms with van der Waals surface area (Å²) in [4.78, 5) is 7.59. The third-order valence-electron chi connectivity index (χ3n) is 4.66. The zero-order valence-corrected chi connectivity index (χ0v) is 12.4. The molecular weight excluding hydrogens is 246 g/mol. The van der Waals surface area contributed by atoms with E-state index in [1.54, 1.807) is 0 Å². The number of nitrogens with zero attached hydrogens (tertiary/aromatic N) is 1. The minimum atomic E-state index is 0.699. The topological polar surface area (TPSA) is 40.7 Å². The fourth-order valence-electron chi connectivity index (χ4n) is 3.48. The maximum Gasteiger partial charge on any atom is 0.137 e. The molecule has 2 heterocycles. The molecule has 0 amide bonds. The summed E-state index contributed by atoms with van der Waals surface area (Å²) in [5, 5.41) is 4.98. The summed E-state index contributed by atoms with van der Waals surface area (Å²) < 4.78 is 0. The highest BCUT2D eigenvalue weighted by Gasteiger charge is 2.20. The highest BCUT2D eigenvalue weighted by molar-refractivity contribution is 5.79. The van der Waals surface area contributed by atoms with Gasteiger partial charge in [0.15, 0.2) is 0 Å². The SMILES string of the molecule is CCCC1CCC(NCc2c[nH]c3ncccc23)CC1. The van der Waals surface area contributed by atoms with Gasteiger partial charge in [-0.25, -0.2) is 4.98 Å². The van der Waals surface area contributed by atoms with E-state index in [2.05, 4.69) is 34.5 Å². The van der Waals surface area contributed by atoms with Gasteiger partial charge in [0.2, 0.25) is 0 Å². The van der Waals surface area contributed by atoms with E-state index < -0.39 is 0 Å². The molecule has 1 aliphatic rings. The van der Waals surface area contributed by atoms with Crippen molar-refractivity contribution in [2.24, 2.45) is 5.92 Å². The van der Waals surface area contributed by atoms with Gasteiger partial charge in [0.05, 0.1) is 0 Å². The monoisotopic (exact) mass is 271 g/mol. The molecule has 0 aliphatic heterocycles. The maximum absolute atomic E-state index is 4.34. The highest BCUT2D eigenvalue weighted by Crippen LogP contribution is 2.28. The summed E-state index contributed by atoms with van der Waals surface area (Å²) in [5.41, 5.74) is 2.33. The average Bonchev–Trinajstić information content (AvgIpc) is 2.90. The largest absolute Gasteiger partial charge is 0.346 e. The summed E-state index contributed by atoms with van der Waals surface area (Å²) in [6, 6.07) is 4.86. The van der Waals surface area contributed by atoms with Crippen LogP contribution in [0.4, 0.5) is 0 Å². The second-order valence-corrected chi connectivity index (χ2v) is 6.10. The van der Waals surface area contributed by atoms with E-state index in [0.717, 1.165) is 18.1 Å². The number of rotatable bonds is 5. The van der Waals surface area contributed by atoms with E-state index in [0.29, 0.717) is 6.04 Å². The van der Waals surface area contributed by atoms with Crippen LogP contribution >= 0.6 is 0 Å². The molecule has 1 aliphatic carbocycles. The van der Waals surface area contributed by atoms with E-state index in [4.69, 9.17) is 0 Å². The normalized spacial score (nSPS) is 23.2. The molecule has 3 nitrogen and oxygen atoms in total. The van der Waals surface area contributed by atoms with Gasteiger partial charge < -0.3 is 10.3 Å². The average molecular weight is 271 g/mol. The van der Waals surface area contributed by atoms with Crippen LogP contribution in [-0.2, 0) is 6.54 Å². The zero-order valence-electron chi connectivity index (χ0n) is 12.4. The third-order valence-corrected chi connectivity index (χ3v) is 4.66. The van der Waals surface area contributed by atoms with Gasteiger partial charge in [0, 0.05) is 30.4 Å². The molecule has 0 unspecified atom stereocenters. The van der Waals surface area contributed by atoms with Crippen molar-refractivity contribution in [3.8, 4) is 0 Å². The van der Waals surface area contributed by atoms with Crippen LogP contribution in [0.2, 0.25) is 0 Å². The molecule has 0 radical (unpaired) electrons. The fourth-order valence-corrected chi connectivity index (χ4v) is 3.48. The van der Waals surface area contributed by atoms with Crippen molar-refractivity contribution in [1.82, 2.24) is 15.3 Å². The second-order valence-electron chi connectivity index (χ2n) is 6.10. The Balaban J connectivity index is 1.53. The minimum absolute atomic E-state index is 0.699. The van der Waals surface area contributed by atoms with Gasteiger partial charge in [0.25, 0.3) is 0 Å². The van der Waals surface area contributed by atoms with Gasteiger partial charge in [-0.2, -0.15) is 0 Å². The Morgan fingerprint density at radius 3 is 2.95 bits per heavy atom. The lowest BCUT2D eigenvalue weighted by Gasteiger charge is -2.29. The Labute approximate surface area is 121 Å². The predicted octanol–water partition coefficient (Wildman–Crippen LogP) is 4.01. The van der Waals surface area contributed by atoms with Crippen molar-refractivity contribution in [3.63, 3.8) is 0 Å². The van der Waals surface area contributed by atoms with Crippen LogP contribution in [-0.4, -0.2) is 16.0 Å². The number of pyridine rings is 1. The van der Waals surface area contributed by atoms with Crippen molar-refractivity contribution in [2.45, 2.75) is 58.0 Å². The molecule has 2 N–H and O–H groups in total. The minimum Gasteiger partial charge on any atom is -0.346 e. The molecule has 2 aromatic heterocycles. The molecule has 1 saturated carbocycles. The number of hydrogen-bond acceptors (Lipinski definition) is 2. The van der Waals surface area contributed by atoms with E-state index in [1.807, 2.05) is 12.3 Å². The van der Waals surface area contributed by atoms with E-state index in [9.17, 15) is 0 Å². The highest BCUT2D eigenvalue weighted by atomic mass is 14.9. The molecule has 3 heteroatoms. The summed E-state index contributed by atoms with van der Waals surface area (Å²) in [7, 11) is 0. The Bertz CT molecular complexity index is 538. The van der Waals surface area contributed by atoms with Crippen LogP contribution < -0.4 is 5.32 Å². The Hall–Kier alpha value is -1.35. The molecule has 2 aromatic rings. The molecule has 0 bridgehead atoms. The first-order valence-electron chi connectivity index (χ1n) is 8.01. The van der Waals surface area contributed by atoms with Gasteiger partial charge >= 0.3 is 0 Å². The summed E-state index contributed by atoms with van der Waals surface area (Å²) in [5.74, 6) is 0.982. The smallest absolute Gasteiger partial charge is 0.137 e. The first-order chi connectivity index (χ1) is 9.86. The van der Waals surface area contributed by atoms with Crippen LogP contribution in [0.5, 0.6) is 0 Å². The van der Waals surface area contributed by atoms with Crippen LogP contribution in [0, 0.1) is 5.92 Å². The molecule has 1 fully saturated rings. The van der Waals surface area contributed by atoms with Gasteiger partial charge in [-0.05, 0) is 49.3 Å². The van der Waals surface area contributed by atoms with Crippen LogP contribution in [0.25, 0.3) is 11.0 Å². The van der Waals surface area contributed by atoms with Crippen LogP contribution in [0.1, 0.15) is 51.0 Å². The van der Waals surface area contributed by atoms with Gasteiger partial charge in [-0.15, -0.1) is 0 Å². The Morgan fingerprint density at radius 2 is 2.15 bits per heavy atom. The van der Waals surface area contributed by atoms with Crippen molar-refractivity contribution in [1.29, 1.82) is 0 Å². The van der Waals surface area contributed by atoms with Gasteiger partial charge in [0.1, 0.15) is 5.65 Å². The number of nitrogens with one attached hydrogen (secondary N) is 2. The maximum atomic E-state index is 4.34. The van der Waals surface area contributed by atoms with Crippen molar-refractivity contribution in [2.75, 3.05) is 0 Å². The number of aromatic amines is 1. The van der Waals surface area contributed by atoms with Crippen LogP contribution in [0.15, 0.2) is 24.5 Å². The third kappa shape index (κ3) is 3.04. The zero-order chi connectivity index (χ0) is 13.8. The van der Waals surface area contributed by atoms with Crippen molar-refractivity contribution in [3.05, 3.63) is 30.1 Å². The van der Waals surface area contributed by atoms with E-state index in [1.165, 1.54) is 49.5 Å². The lowest BCUT2D eigenvalue weighted by molar-refractivity contribution is 0.278. The lowest BCUT2D eigenvalue weighted by atomic mass is 9.83. The molecule has 0 saturated heterocycles. The first-order valence-corrected chi connectivity index (χ1v) is 8.01. The van der Waals surface area contributed by atoms with E-state index >= 15 is 0 Å². The number of aromatic nitrogens is 2. The summed E-state index contributed by atoms with van der Waals surface area (Å²) >= 11 is 0. The van der Waals surface area contributed by atoms with Gasteiger partial charge in [-0.3, -0.25) is 0 Å². The molecule has 0 aromatic carbocycles. The molecular formula is C17H25N3. The Kier molecular flexibility index (Phi) is 4.36. The summed E-state index contributed by atoms with van der Waals surface area (Å²) in [6.45, 7) is 3.25. The fraction of sp³-hybridized carbons (Fsp3) is 0.588. The lowest BCUT2D eigenvalue weighted by Crippen LogP contribution is -2.32. The van der Waals surface area contributed by atoms with E-state index in [-0.39, 0.29) is 0 Å². The molecule has 0 atom stereocenters. The molecule has 0 spiro atoms. The number of fused-ring (bicyclic) bond motifs is 1. The predicted molar refractivity (Wildman–Crippen MR) is 83.6 cm³/mol.